The van der Waals surface area contributed by atoms with Crippen molar-refractivity contribution in [1.82, 2.24) is 9.13 Å². The molecule has 2 aromatic heterocycles. The van der Waals surface area contributed by atoms with Gasteiger partial charge in [0.2, 0.25) is 12.7 Å². The summed E-state index contributed by atoms with van der Waals surface area (Å²) in [5.74, 6) is 0.514. The largest absolute Gasteiger partial charge is 0.454 e. The summed E-state index contributed by atoms with van der Waals surface area (Å²) in [6, 6.07) is 15.0. The third-order valence-electron chi connectivity index (χ3n) is 5.10. The van der Waals surface area contributed by atoms with E-state index in [1.165, 1.54) is 16.7 Å². The maximum absolute atomic E-state index is 13.5. The van der Waals surface area contributed by atoms with Crippen LogP contribution in [-0.2, 0) is 17.9 Å². The predicted molar refractivity (Wildman–Crippen MR) is 113 cm³/mol. The van der Waals surface area contributed by atoms with Crippen molar-refractivity contribution in [3.05, 3.63) is 88.7 Å². The van der Waals surface area contributed by atoms with E-state index in [1.54, 1.807) is 53.4 Å². The number of nitrogens with one attached hydrogen (secondary N) is 1. The summed E-state index contributed by atoms with van der Waals surface area (Å²) >= 11 is 0. The van der Waals surface area contributed by atoms with Gasteiger partial charge < -0.3 is 23.9 Å². The van der Waals surface area contributed by atoms with Crippen molar-refractivity contribution >= 4 is 22.5 Å². The molecule has 3 heterocycles. The molecule has 0 saturated carbocycles. The number of halogens is 1. The third kappa shape index (κ3) is 3.75. The third-order valence-corrected chi connectivity index (χ3v) is 5.10. The second-order valence-electron chi connectivity index (χ2n) is 7.24. The number of ether oxygens (including phenoxy) is 2. The second-order valence-corrected chi connectivity index (χ2v) is 7.24. The Hall–Kier alpha value is -4.07. The van der Waals surface area contributed by atoms with Gasteiger partial charge in [-0.1, -0.05) is 12.1 Å². The molecule has 0 aliphatic carbocycles. The fourth-order valence-corrected chi connectivity index (χ4v) is 3.66. The summed E-state index contributed by atoms with van der Waals surface area (Å²) < 4.78 is 27.2. The lowest BCUT2D eigenvalue weighted by molar-refractivity contribution is -0.116. The first-order valence-corrected chi connectivity index (χ1v) is 9.69. The maximum atomic E-state index is 13.5. The topological polar surface area (TPSA) is 74.5 Å². The molecule has 4 aromatic rings. The fourth-order valence-electron chi connectivity index (χ4n) is 3.66. The van der Waals surface area contributed by atoms with E-state index < -0.39 is 0 Å². The fraction of sp³-hybridized carbons (Fsp3) is 0.130. The first-order valence-electron chi connectivity index (χ1n) is 9.69. The number of aromatic nitrogens is 2. The van der Waals surface area contributed by atoms with E-state index in [4.69, 9.17) is 9.47 Å². The van der Waals surface area contributed by atoms with Gasteiger partial charge in [0, 0.05) is 36.1 Å². The van der Waals surface area contributed by atoms with Crippen molar-refractivity contribution in [3.8, 4) is 11.5 Å². The lowest BCUT2D eigenvalue weighted by atomic mass is 10.2. The van der Waals surface area contributed by atoms with Crippen LogP contribution in [0.3, 0.4) is 0 Å². The Morgan fingerprint density at radius 1 is 1.00 bits per heavy atom. The van der Waals surface area contributed by atoms with E-state index in [9.17, 15) is 14.0 Å². The minimum atomic E-state index is -0.344. The monoisotopic (exact) mass is 419 g/mol. The molecule has 7 nitrogen and oxygen atoms in total. The lowest BCUT2D eigenvalue weighted by Gasteiger charge is -2.10. The van der Waals surface area contributed by atoms with Gasteiger partial charge in [0.05, 0.1) is 0 Å². The van der Waals surface area contributed by atoms with E-state index in [0.717, 1.165) is 10.9 Å². The van der Waals surface area contributed by atoms with E-state index in [1.807, 2.05) is 6.07 Å². The Labute approximate surface area is 176 Å². The van der Waals surface area contributed by atoms with E-state index >= 15 is 0 Å². The van der Waals surface area contributed by atoms with Crippen molar-refractivity contribution < 1.29 is 18.7 Å². The van der Waals surface area contributed by atoms with Crippen LogP contribution in [0.4, 0.5) is 10.1 Å². The highest BCUT2D eigenvalue weighted by Gasteiger charge is 2.15. The van der Waals surface area contributed by atoms with Crippen LogP contribution in [0.1, 0.15) is 5.56 Å². The summed E-state index contributed by atoms with van der Waals surface area (Å²) in [5, 5.41) is 3.53. The average molecular weight is 419 g/mol. The molecule has 0 bridgehead atoms. The number of carbonyl (C=O) groups excluding carboxylic acids is 1. The van der Waals surface area contributed by atoms with Crippen molar-refractivity contribution in [1.29, 1.82) is 0 Å². The summed E-state index contributed by atoms with van der Waals surface area (Å²) in [6.45, 7) is 0.357. The maximum Gasteiger partial charge on any atom is 0.275 e. The molecule has 1 amide bonds. The number of carbonyl (C=O) groups is 1. The van der Waals surface area contributed by atoms with E-state index in [0.29, 0.717) is 29.2 Å². The molecule has 1 N–H and O–H groups in total. The molecule has 0 fully saturated rings. The van der Waals surface area contributed by atoms with E-state index in [2.05, 4.69) is 5.32 Å². The van der Waals surface area contributed by atoms with Crippen molar-refractivity contribution in [3.63, 3.8) is 0 Å². The van der Waals surface area contributed by atoms with Gasteiger partial charge in [0.1, 0.15) is 17.9 Å². The zero-order valence-corrected chi connectivity index (χ0v) is 16.4. The molecule has 0 unspecified atom stereocenters. The average Bonchev–Trinajstić information content (AvgIpc) is 3.37. The number of hydrogen-bond acceptors (Lipinski definition) is 4. The van der Waals surface area contributed by atoms with Crippen molar-refractivity contribution in [2.75, 3.05) is 12.1 Å². The highest BCUT2D eigenvalue weighted by atomic mass is 19.1. The molecule has 156 valence electrons. The molecule has 31 heavy (non-hydrogen) atoms. The number of pyridine rings is 1. The van der Waals surface area contributed by atoms with Crippen molar-refractivity contribution in [2.45, 2.75) is 13.1 Å². The van der Waals surface area contributed by atoms with Crippen LogP contribution in [0.5, 0.6) is 11.5 Å². The second kappa shape index (κ2) is 7.64. The van der Waals surface area contributed by atoms with Crippen LogP contribution in [0, 0.1) is 5.82 Å². The first-order chi connectivity index (χ1) is 15.1. The van der Waals surface area contributed by atoms with Crippen LogP contribution in [0.2, 0.25) is 0 Å². The zero-order chi connectivity index (χ0) is 21.4. The number of benzene rings is 2. The Morgan fingerprint density at radius 3 is 2.65 bits per heavy atom. The minimum absolute atomic E-state index is 0.144. The Balaban J connectivity index is 1.38. The molecular weight excluding hydrogens is 401 g/mol. The molecule has 0 radical (unpaired) electrons. The van der Waals surface area contributed by atoms with Gasteiger partial charge in [-0.3, -0.25) is 9.59 Å². The highest BCUT2D eigenvalue weighted by molar-refractivity contribution is 5.91. The van der Waals surface area contributed by atoms with Gasteiger partial charge in [0.15, 0.2) is 11.5 Å². The van der Waals surface area contributed by atoms with Crippen LogP contribution < -0.4 is 20.3 Å². The molecule has 2 aromatic carbocycles. The normalized spacial score (nSPS) is 12.3. The summed E-state index contributed by atoms with van der Waals surface area (Å²) in [5.41, 5.74) is 1.47. The Kier molecular flexibility index (Phi) is 4.66. The van der Waals surface area contributed by atoms with Crippen LogP contribution >= 0.6 is 0 Å². The molecule has 8 heteroatoms. The van der Waals surface area contributed by atoms with Crippen LogP contribution in [-0.4, -0.2) is 21.8 Å². The number of anilines is 1. The Morgan fingerprint density at radius 2 is 1.81 bits per heavy atom. The lowest BCUT2D eigenvalue weighted by Crippen LogP contribution is -2.28. The summed E-state index contributed by atoms with van der Waals surface area (Å²) in [4.78, 5) is 25.6. The summed E-state index contributed by atoms with van der Waals surface area (Å²) in [6.07, 6.45) is 3.38. The van der Waals surface area contributed by atoms with E-state index in [-0.39, 0.29) is 30.6 Å². The van der Waals surface area contributed by atoms with Gasteiger partial charge in [-0.2, -0.15) is 0 Å². The Bertz CT molecular complexity index is 1360. The summed E-state index contributed by atoms with van der Waals surface area (Å²) in [7, 11) is 0. The SMILES string of the molecule is O=C(Cn1ccc2ccn(Cc3cccc(F)c3)c2c1=O)Nc1ccc2c(c1)OCO2. The molecule has 5 rings (SSSR count). The highest BCUT2D eigenvalue weighted by Crippen LogP contribution is 2.34. The van der Waals surface area contributed by atoms with Gasteiger partial charge in [0.25, 0.3) is 5.56 Å². The molecule has 0 saturated heterocycles. The van der Waals surface area contributed by atoms with Crippen molar-refractivity contribution in [2.24, 2.45) is 0 Å². The minimum Gasteiger partial charge on any atom is -0.454 e. The first kappa shape index (κ1) is 18.9. The van der Waals surface area contributed by atoms with Crippen LogP contribution in [0.25, 0.3) is 10.9 Å². The molecular formula is C23H18FN3O4. The number of hydrogen-bond donors (Lipinski definition) is 1. The smallest absolute Gasteiger partial charge is 0.275 e. The number of fused-ring (bicyclic) bond motifs is 2. The van der Waals surface area contributed by atoms with Gasteiger partial charge >= 0.3 is 0 Å². The molecule has 0 spiro atoms. The number of nitrogens with zero attached hydrogens (tertiary/aromatic N) is 2. The van der Waals surface area contributed by atoms with Gasteiger partial charge in [-0.25, -0.2) is 4.39 Å². The predicted octanol–water partition coefficient (Wildman–Crippen LogP) is 3.36. The molecule has 1 aliphatic rings. The number of rotatable bonds is 5. The zero-order valence-electron chi connectivity index (χ0n) is 16.4. The van der Waals surface area contributed by atoms with Crippen LogP contribution in [0.15, 0.2) is 71.8 Å². The molecule has 1 aliphatic heterocycles. The van der Waals surface area contributed by atoms with Gasteiger partial charge in [-0.15, -0.1) is 0 Å². The molecule has 0 atom stereocenters. The quantitative estimate of drug-likeness (QED) is 0.538. The van der Waals surface area contributed by atoms with Gasteiger partial charge in [-0.05, 0) is 42.0 Å². The number of amides is 1. The standard InChI is InChI=1S/C23H18FN3O4/c24-17-3-1-2-15(10-17)12-26-8-6-16-7-9-27(23(29)22(16)26)13-21(28)25-18-4-5-19-20(11-18)31-14-30-19/h1-11H,12-14H2,(H,25,28).